The molecule has 0 unspecified atom stereocenters. The van der Waals surface area contributed by atoms with Gasteiger partial charge in [-0.2, -0.15) is 0 Å². The van der Waals surface area contributed by atoms with E-state index in [4.69, 9.17) is 0 Å². The molecule has 0 atom stereocenters. The highest BCUT2D eigenvalue weighted by Crippen LogP contribution is 2.23. The maximum atomic E-state index is 4.34. The molecular weight excluding hydrogens is 200 g/mol. The predicted molar refractivity (Wildman–Crippen MR) is 66.7 cm³/mol. The second-order valence-corrected chi connectivity index (χ2v) is 4.58. The van der Waals surface area contributed by atoms with E-state index in [9.17, 15) is 0 Å². The van der Waals surface area contributed by atoms with Gasteiger partial charge in [-0.25, -0.2) is 9.97 Å². The summed E-state index contributed by atoms with van der Waals surface area (Å²) in [5.41, 5.74) is 0.994. The van der Waals surface area contributed by atoms with E-state index in [0.29, 0.717) is 12.1 Å². The van der Waals surface area contributed by atoms with Gasteiger partial charge in [0, 0.05) is 18.3 Å². The molecule has 0 aliphatic heterocycles. The third-order valence-corrected chi connectivity index (χ3v) is 2.49. The summed E-state index contributed by atoms with van der Waals surface area (Å²) in [5, 5.41) is 4.42. The molecule has 0 saturated heterocycles. The van der Waals surface area contributed by atoms with Crippen molar-refractivity contribution in [3.05, 3.63) is 18.6 Å². The van der Waals surface area contributed by atoms with Gasteiger partial charge >= 0.3 is 0 Å². The normalized spacial score (nSPS) is 11.6. The molecule has 0 aromatic carbocycles. The smallest absolute Gasteiger partial charge is 0.145 e. The lowest BCUT2D eigenvalue weighted by Gasteiger charge is -2.11. The predicted octanol–water partition coefficient (Wildman–Crippen LogP) is 2.83. The Kier molecular flexibility index (Phi) is 2.81. The largest absolute Gasteiger partial charge is 0.367 e. The lowest BCUT2D eigenvalue weighted by atomic mass is 10.3. The Hall–Kier alpha value is -1.58. The van der Waals surface area contributed by atoms with Crippen molar-refractivity contribution in [2.75, 3.05) is 5.32 Å². The van der Waals surface area contributed by atoms with Crippen LogP contribution in [0.25, 0.3) is 11.0 Å². The molecular formula is C12H18N4. The number of fused-ring (bicyclic) bond motifs is 1. The van der Waals surface area contributed by atoms with Crippen molar-refractivity contribution in [3.63, 3.8) is 0 Å². The minimum Gasteiger partial charge on any atom is -0.367 e. The molecule has 2 aromatic rings. The van der Waals surface area contributed by atoms with Gasteiger partial charge in [0.05, 0.1) is 5.39 Å². The number of nitrogens with zero attached hydrogens (tertiary/aromatic N) is 3. The van der Waals surface area contributed by atoms with Crippen LogP contribution in [0.2, 0.25) is 0 Å². The van der Waals surface area contributed by atoms with Gasteiger partial charge in [0.1, 0.15) is 17.8 Å². The molecule has 4 nitrogen and oxygen atoms in total. The van der Waals surface area contributed by atoms with Crippen LogP contribution in [-0.2, 0) is 0 Å². The molecule has 0 radical (unpaired) electrons. The van der Waals surface area contributed by atoms with Gasteiger partial charge in [0.15, 0.2) is 0 Å². The molecule has 2 rings (SSSR count). The zero-order valence-corrected chi connectivity index (χ0v) is 10.2. The second-order valence-electron chi connectivity index (χ2n) is 4.58. The first-order chi connectivity index (χ1) is 7.59. The van der Waals surface area contributed by atoms with Crippen LogP contribution < -0.4 is 5.32 Å². The maximum absolute atomic E-state index is 4.34. The molecule has 2 heterocycles. The molecule has 0 aliphatic carbocycles. The lowest BCUT2D eigenvalue weighted by molar-refractivity contribution is 0.617. The summed E-state index contributed by atoms with van der Waals surface area (Å²) in [6.45, 7) is 8.51. The number of nitrogens with one attached hydrogen (secondary N) is 1. The minimum absolute atomic E-state index is 0.375. The first-order valence-electron chi connectivity index (χ1n) is 5.67. The van der Waals surface area contributed by atoms with E-state index in [0.717, 1.165) is 16.9 Å². The third kappa shape index (κ3) is 1.87. The monoisotopic (exact) mass is 218 g/mol. The van der Waals surface area contributed by atoms with E-state index < -0.39 is 0 Å². The molecule has 2 aromatic heterocycles. The Labute approximate surface area is 95.7 Å². The Morgan fingerprint density at radius 1 is 1.19 bits per heavy atom. The second kappa shape index (κ2) is 4.12. The van der Waals surface area contributed by atoms with E-state index in [1.54, 1.807) is 6.33 Å². The standard InChI is InChI=1S/C12H18N4/c1-8(2)15-11-10-5-6-16(9(3)4)12(10)14-7-13-11/h5-9H,1-4H3,(H,13,14,15). The average Bonchev–Trinajstić information content (AvgIpc) is 2.61. The first kappa shape index (κ1) is 10.9. The summed E-state index contributed by atoms with van der Waals surface area (Å²) in [4.78, 5) is 8.63. The van der Waals surface area contributed by atoms with Crippen molar-refractivity contribution in [1.29, 1.82) is 0 Å². The fraction of sp³-hybridized carbons (Fsp3) is 0.500. The van der Waals surface area contributed by atoms with Gasteiger partial charge in [-0.05, 0) is 33.8 Å². The highest BCUT2D eigenvalue weighted by atomic mass is 15.1. The third-order valence-electron chi connectivity index (χ3n) is 2.49. The van der Waals surface area contributed by atoms with Gasteiger partial charge in [-0.15, -0.1) is 0 Å². The Bertz CT molecular complexity index is 485. The van der Waals surface area contributed by atoms with Crippen molar-refractivity contribution in [3.8, 4) is 0 Å². The van der Waals surface area contributed by atoms with Crippen LogP contribution in [0.15, 0.2) is 18.6 Å². The SMILES string of the molecule is CC(C)Nc1ncnc2c1ccn2C(C)C. The minimum atomic E-state index is 0.375. The van der Waals surface area contributed by atoms with Crippen LogP contribution in [0.3, 0.4) is 0 Å². The molecule has 0 saturated carbocycles. The van der Waals surface area contributed by atoms with Gasteiger partial charge in [0.25, 0.3) is 0 Å². The number of hydrogen-bond acceptors (Lipinski definition) is 3. The summed E-state index contributed by atoms with van der Waals surface area (Å²) >= 11 is 0. The summed E-state index contributed by atoms with van der Waals surface area (Å²) < 4.78 is 2.16. The van der Waals surface area contributed by atoms with Gasteiger partial charge < -0.3 is 9.88 Å². The molecule has 0 aliphatic rings. The van der Waals surface area contributed by atoms with Crippen molar-refractivity contribution in [2.45, 2.75) is 39.8 Å². The van der Waals surface area contributed by atoms with E-state index in [-0.39, 0.29) is 0 Å². The van der Waals surface area contributed by atoms with Crippen molar-refractivity contribution < 1.29 is 0 Å². The summed E-state index contributed by atoms with van der Waals surface area (Å²) in [6.07, 6.45) is 3.68. The maximum Gasteiger partial charge on any atom is 0.145 e. The summed E-state index contributed by atoms with van der Waals surface area (Å²) in [7, 11) is 0. The van der Waals surface area contributed by atoms with Crippen molar-refractivity contribution >= 4 is 16.9 Å². The van der Waals surface area contributed by atoms with Crippen LogP contribution in [0, 0.1) is 0 Å². The molecule has 0 fully saturated rings. The van der Waals surface area contributed by atoms with Gasteiger partial charge in [0.2, 0.25) is 0 Å². The molecule has 0 spiro atoms. The van der Waals surface area contributed by atoms with E-state index in [1.165, 1.54) is 0 Å². The van der Waals surface area contributed by atoms with E-state index in [1.807, 2.05) is 0 Å². The van der Waals surface area contributed by atoms with Gasteiger partial charge in [-0.3, -0.25) is 0 Å². The van der Waals surface area contributed by atoms with Crippen molar-refractivity contribution in [2.24, 2.45) is 0 Å². The molecule has 1 N–H and O–H groups in total. The molecule has 4 heteroatoms. The lowest BCUT2D eigenvalue weighted by Crippen LogP contribution is -2.11. The van der Waals surface area contributed by atoms with Crippen LogP contribution in [0.4, 0.5) is 5.82 Å². The van der Waals surface area contributed by atoms with Crippen molar-refractivity contribution in [1.82, 2.24) is 14.5 Å². The summed E-state index contributed by atoms with van der Waals surface area (Å²) in [5.74, 6) is 0.916. The van der Waals surface area contributed by atoms with Crippen LogP contribution in [0.5, 0.6) is 0 Å². The zero-order chi connectivity index (χ0) is 11.7. The van der Waals surface area contributed by atoms with E-state index in [2.05, 4.69) is 59.8 Å². The Balaban J connectivity index is 2.53. The van der Waals surface area contributed by atoms with Gasteiger partial charge in [-0.1, -0.05) is 0 Å². The quantitative estimate of drug-likeness (QED) is 0.861. The molecule has 0 bridgehead atoms. The number of rotatable bonds is 3. The van der Waals surface area contributed by atoms with Crippen LogP contribution >= 0.6 is 0 Å². The first-order valence-corrected chi connectivity index (χ1v) is 5.67. The Morgan fingerprint density at radius 2 is 1.94 bits per heavy atom. The van der Waals surface area contributed by atoms with Crippen LogP contribution in [-0.4, -0.2) is 20.6 Å². The molecule has 86 valence electrons. The number of anilines is 1. The highest BCUT2D eigenvalue weighted by molar-refractivity contribution is 5.87. The number of hydrogen-bond donors (Lipinski definition) is 1. The number of aromatic nitrogens is 3. The Morgan fingerprint density at radius 3 is 2.56 bits per heavy atom. The highest BCUT2D eigenvalue weighted by Gasteiger charge is 2.10. The topological polar surface area (TPSA) is 42.7 Å². The fourth-order valence-corrected chi connectivity index (χ4v) is 1.78. The average molecular weight is 218 g/mol. The molecule has 16 heavy (non-hydrogen) atoms. The zero-order valence-electron chi connectivity index (χ0n) is 10.2. The summed E-state index contributed by atoms with van der Waals surface area (Å²) in [6, 6.07) is 2.86. The van der Waals surface area contributed by atoms with Crippen LogP contribution in [0.1, 0.15) is 33.7 Å². The van der Waals surface area contributed by atoms with E-state index >= 15 is 0 Å². The molecule has 0 amide bonds. The fourth-order valence-electron chi connectivity index (χ4n) is 1.78.